The number of nitrogens with one attached hydrogen (secondary N) is 2. The van der Waals surface area contributed by atoms with Gasteiger partial charge in [-0.1, -0.05) is 6.92 Å². The van der Waals surface area contributed by atoms with E-state index in [0.717, 1.165) is 12.1 Å². The minimum atomic E-state index is -4.68. The lowest BCUT2D eigenvalue weighted by Crippen LogP contribution is -2.23. The molecule has 1 aromatic heterocycles. The summed E-state index contributed by atoms with van der Waals surface area (Å²) in [6, 6.07) is 4.77. The second-order valence-electron chi connectivity index (χ2n) is 5.36. The van der Waals surface area contributed by atoms with E-state index >= 15 is 0 Å². The van der Waals surface area contributed by atoms with Crippen LogP contribution in [-0.4, -0.2) is 16.8 Å². The third-order valence-corrected chi connectivity index (χ3v) is 3.35. The summed E-state index contributed by atoms with van der Waals surface area (Å²) < 4.78 is 51.4. The monoisotopic (exact) mass is 369 g/mol. The molecule has 2 amide bonds. The Bertz CT molecular complexity index is 822. The predicted octanol–water partition coefficient (Wildman–Crippen LogP) is 3.52. The first-order valence-corrected chi connectivity index (χ1v) is 7.60. The van der Waals surface area contributed by atoms with Crippen molar-refractivity contribution < 1.29 is 27.2 Å². The smallest absolute Gasteiger partial charge is 0.348 e. The van der Waals surface area contributed by atoms with Gasteiger partial charge in [0.15, 0.2) is 0 Å². The first kappa shape index (κ1) is 19.4. The zero-order chi connectivity index (χ0) is 19.3. The lowest BCUT2D eigenvalue weighted by Gasteiger charge is -2.11. The zero-order valence-electron chi connectivity index (χ0n) is 13.7. The molecule has 0 radical (unpaired) electrons. The minimum absolute atomic E-state index is 0.0285. The Morgan fingerprint density at radius 3 is 2.54 bits per heavy atom. The molecule has 0 bridgehead atoms. The standard InChI is InChI=1S/C17H15F4N3O2/c1-2-15(25)24-14-7-11(3-4-22-14)16(26)23-9-10-5-12(17(19,20)21)8-13(18)6-10/h3-8H,2,9H2,1H3,(H,23,26)(H,22,24,25). The maximum atomic E-state index is 13.4. The minimum Gasteiger partial charge on any atom is -0.348 e. The Hall–Kier alpha value is -2.97. The van der Waals surface area contributed by atoms with Crippen molar-refractivity contribution in [2.24, 2.45) is 0 Å². The number of amides is 2. The number of hydrogen-bond acceptors (Lipinski definition) is 3. The van der Waals surface area contributed by atoms with Gasteiger partial charge >= 0.3 is 6.18 Å². The molecule has 0 atom stereocenters. The number of pyridine rings is 1. The fraction of sp³-hybridized carbons (Fsp3) is 0.235. The third-order valence-electron chi connectivity index (χ3n) is 3.35. The van der Waals surface area contributed by atoms with Gasteiger partial charge in [0.1, 0.15) is 11.6 Å². The number of aromatic nitrogens is 1. The first-order valence-electron chi connectivity index (χ1n) is 7.60. The van der Waals surface area contributed by atoms with Gasteiger partial charge in [0, 0.05) is 24.7 Å². The molecule has 0 aliphatic heterocycles. The van der Waals surface area contributed by atoms with Crippen LogP contribution < -0.4 is 10.6 Å². The van der Waals surface area contributed by atoms with Gasteiger partial charge in [-0.25, -0.2) is 9.37 Å². The maximum Gasteiger partial charge on any atom is 0.416 e. The number of carbonyl (C=O) groups excluding carboxylic acids is 2. The Labute approximate surface area is 146 Å². The topological polar surface area (TPSA) is 71.1 Å². The molecule has 0 fully saturated rings. The molecule has 0 spiro atoms. The highest BCUT2D eigenvalue weighted by atomic mass is 19.4. The van der Waals surface area contributed by atoms with Crippen LogP contribution in [0.25, 0.3) is 0 Å². The summed E-state index contributed by atoms with van der Waals surface area (Å²) in [5.74, 6) is -1.75. The lowest BCUT2D eigenvalue weighted by atomic mass is 10.1. The summed E-state index contributed by atoms with van der Waals surface area (Å²) in [5.41, 5.74) is -1.01. The van der Waals surface area contributed by atoms with Gasteiger partial charge < -0.3 is 10.6 Å². The number of alkyl halides is 3. The van der Waals surface area contributed by atoms with Crippen LogP contribution in [0, 0.1) is 5.82 Å². The molecule has 9 heteroatoms. The van der Waals surface area contributed by atoms with Crippen molar-refractivity contribution in [3.05, 3.63) is 59.0 Å². The normalized spacial score (nSPS) is 11.1. The molecule has 0 saturated heterocycles. The van der Waals surface area contributed by atoms with E-state index in [-0.39, 0.29) is 35.8 Å². The van der Waals surface area contributed by atoms with E-state index in [1.807, 2.05) is 0 Å². The second kappa shape index (κ2) is 7.94. The number of nitrogens with zero attached hydrogens (tertiary/aromatic N) is 1. The van der Waals surface area contributed by atoms with Crippen molar-refractivity contribution >= 4 is 17.6 Å². The van der Waals surface area contributed by atoms with E-state index in [9.17, 15) is 27.2 Å². The Kier molecular flexibility index (Phi) is 5.91. The van der Waals surface area contributed by atoms with Gasteiger partial charge in [-0.15, -0.1) is 0 Å². The van der Waals surface area contributed by atoms with E-state index in [1.54, 1.807) is 6.92 Å². The molecule has 138 valence electrons. The number of hydrogen-bond donors (Lipinski definition) is 2. The number of halogens is 4. The van der Waals surface area contributed by atoms with Crippen molar-refractivity contribution in [3.8, 4) is 0 Å². The average molecular weight is 369 g/mol. The highest BCUT2D eigenvalue weighted by Gasteiger charge is 2.31. The van der Waals surface area contributed by atoms with Gasteiger partial charge in [-0.3, -0.25) is 9.59 Å². The molecule has 0 unspecified atom stereocenters. The number of anilines is 1. The van der Waals surface area contributed by atoms with Gasteiger partial charge in [0.05, 0.1) is 5.56 Å². The Morgan fingerprint density at radius 2 is 1.88 bits per heavy atom. The van der Waals surface area contributed by atoms with E-state index < -0.39 is 23.5 Å². The second-order valence-corrected chi connectivity index (χ2v) is 5.36. The Balaban J connectivity index is 2.08. The van der Waals surface area contributed by atoms with E-state index in [2.05, 4.69) is 15.6 Å². The quantitative estimate of drug-likeness (QED) is 0.793. The average Bonchev–Trinajstić information content (AvgIpc) is 2.58. The maximum absolute atomic E-state index is 13.4. The molecule has 0 aliphatic carbocycles. The molecule has 2 rings (SSSR count). The van der Waals surface area contributed by atoms with Crippen LogP contribution in [0.1, 0.15) is 34.8 Å². The van der Waals surface area contributed by atoms with Gasteiger partial charge in [0.25, 0.3) is 5.91 Å². The van der Waals surface area contributed by atoms with Crippen molar-refractivity contribution in [2.75, 3.05) is 5.32 Å². The fourth-order valence-corrected chi connectivity index (χ4v) is 2.07. The molecule has 26 heavy (non-hydrogen) atoms. The van der Waals surface area contributed by atoms with Crippen LogP contribution in [0.4, 0.5) is 23.4 Å². The molecule has 0 saturated carbocycles. The lowest BCUT2D eigenvalue weighted by molar-refractivity contribution is -0.137. The summed E-state index contributed by atoms with van der Waals surface area (Å²) >= 11 is 0. The van der Waals surface area contributed by atoms with Gasteiger partial charge in [0.2, 0.25) is 5.91 Å². The predicted molar refractivity (Wildman–Crippen MR) is 85.7 cm³/mol. The van der Waals surface area contributed by atoms with E-state index in [4.69, 9.17) is 0 Å². The highest BCUT2D eigenvalue weighted by Crippen LogP contribution is 2.30. The van der Waals surface area contributed by atoms with Crippen LogP contribution in [0.5, 0.6) is 0 Å². The molecule has 2 N–H and O–H groups in total. The van der Waals surface area contributed by atoms with Crippen molar-refractivity contribution in [2.45, 2.75) is 26.1 Å². The van der Waals surface area contributed by atoms with Gasteiger partial charge in [-0.2, -0.15) is 13.2 Å². The zero-order valence-corrected chi connectivity index (χ0v) is 13.7. The third kappa shape index (κ3) is 5.27. The molecule has 1 heterocycles. The van der Waals surface area contributed by atoms with Crippen LogP contribution in [-0.2, 0) is 17.5 Å². The van der Waals surface area contributed by atoms with Crippen molar-refractivity contribution in [1.82, 2.24) is 10.3 Å². The molecule has 2 aromatic rings. The van der Waals surface area contributed by atoms with Gasteiger partial charge in [-0.05, 0) is 35.9 Å². The van der Waals surface area contributed by atoms with Crippen molar-refractivity contribution in [1.29, 1.82) is 0 Å². The van der Waals surface area contributed by atoms with E-state index in [0.29, 0.717) is 6.07 Å². The first-order chi connectivity index (χ1) is 12.2. The highest BCUT2D eigenvalue weighted by molar-refractivity contribution is 5.96. The molecule has 1 aromatic carbocycles. The van der Waals surface area contributed by atoms with Crippen LogP contribution in [0.15, 0.2) is 36.5 Å². The van der Waals surface area contributed by atoms with Crippen LogP contribution >= 0.6 is 0 Å². The summed E-state index contributed by atoms with van der Waals surface area (Å²) in [6.45, 7) is 1.36. The number of carbonyl (C=O) groups is 2. The number of rotatable bonds is 5. The fourth-order valence-electron chi connectivity index (χ4n) is 2.07. The number of benzene rings is 1. The molecule has 0 aliphatic rings. The SMILES string of the molecule is CCC(=O)Nc1cc(C(=O)NCc2cc(F)cc(C(F)(F)F)c2)ccn1. The summed E-state index contributed by atoms with van der Waals surface area (Å²) in [6.07, 6.45) is -3.14. The Morgan fingerprint density at radius 1 is 1.15 bits per heavy atom. The van der Waals surface area contributed by atoms with E-state index in [1.165, 1.54) is 18.3 Å². The molecule has 5 nitrogen and oxygen atoms in total. The molecular formula is C17H15F4N3O2. The summed E-state index contributed by atoms with van der Waals surface area (Å²) in [5, 5.41) is 4.89. The molecular weight excluding hydrogens is 354 g/mol. The van der Waals surface area contributed by atoms with Crippen LogP contribution in [0.2, 0.25) is 0 Å². The van der Waals surface area contributed by atoms with Crippen LogP contribution in [0.3, 0.4) is 0 Å². The van der Waals surface area contributed by atoms with Crippen molar-refractivity contribution in [3.63, 3.8) is 0 Å². The largest absolute Gasteiger partial charge is 0.416 e. The summed E-state index contributed by atoms with van der Waals surface area (Å²) in [4.78, 5) is 27.4. The summed E-state index contributed by atoms with van der Waals surface area (Å²) in [7, 11) is 0.